The van der Waals surface area contributed by atoms with Gasteiger partial charge in [-0.3, -0.25) is 4.90 Å². The number of nitrogens with zero attached hydrogens (tertiary/aromatic N) is 2. The minimum absolute atomic E-state index is 0.777. The SMILES string of the molecule is C=C(C)CN(CC)Cc1csc(-c2ccc(OC)cc2OC)n1. The number of hydrogen-bond acceptors (Lipinski definition) is 5. The van der Waals surface area contributed by atoms with Gasteiger partial charge in [-0.2, -0.15) is 0 Å². The van der Waals surface area contributed by atoms with Crippen LogP contribution in [-0.2, 0) is 6.54 Å². The molecular weight excluding hydrogens is 308 g/mol. The predicted octanol–water partition coefficient (Wildman–Crippen LogP) is 4.23. The molecule has 2 rings (SSSR count). The van der Waals surface area contributed by atoms with Crippen molar-refractivity contribution in [1.82, 2.24) is 9.88 Å². The molecule has 0 aliphatic heterocycles. The molecule has 0 fully saturated rings. The van der Waals surface area contributed by atoms with Crippen molar-refractivity contribution in [3.8, 4) is 22.1 Å². The summed E-state index contributed by atoms with van der Waals surface area (Å²) in [5.74, 6) is 1.56. The van der Waals surface area contributed by atoms with Crippen molar-refractivity contribution in [2.45, 2.75) is 20.4 Å². The Morgan fingerprint density at radius 3 is 2.70 bits per heavy atom. The lowest BCUT2D eigenvalue weighted by Crippen LogP contribution is -2.24. The predicted molar refractivity (Wildman–Crippen MR) is 96.4 cm³/mol. The number of methoxy groups -OCH3 is 2. The number of aromatic nitrogens is 1. The molecule has 1 aromatic carbocycles. The number of likely N-dealkylation sites (N-methyl/N-ethyl adjacent to an activating group) is 1. The highest BCUT2D eigenvalue weighted by molar-refractivity contribution is 7.13. The topological polar surface area (TPSA) is 34.6 Å². The first kappa shape index (κ1) is 17.5. The van der Waals surface area contributed by atoms with Gasteiger partial charge >= 0.3 is 0 Å². The molecule has 0 unspecified atom stereocenters. The van der Waals surface area contributed by atoms with E-state index in [1.807, 2.05) is 18.2 Å². The van der Waals surface area contributed by atoms with Crippen LogP contribution in [-0.4, -0.2) is 37.2 Å². The van der Waals surface area contributed by atoms with Crippen LogP contribution < -0.4 is 9.47 Å². The Morgan fingerprint density at radius 1 is 1.30 bits per heavy atom. The summed E-state index contributed by atoms with van der Waals surface area (Å²) in [5, 5.41) is 3.07. The molecule has 1 heterocycles. The lowest BCUT2D eigenvalue weighted by molar-refractivity contribution is 0.301. The fourth-order valence-corrected chi connectivity index (χ4v) is 3.21. The van der Waals surface area contributed by atoms with Gasteiger partial charge in [-0.15, -0.1) is 11.3 Å². The van der Waals surface area contributed by atoms with Crippen molar-refractivity contribution in [1.29, 1.82) is 0 Å². The van der Waals surface area contributed by atoms with Crippen LogP contribution in [0.15, 0.2) is 35.7 Å². The first-order valence-corrected chi connectivity index (χ1v) is 8.48. The van der Waals surface area contributed by atoms with Gasteiger partial charge in [0.05, 0.1) is 25.5 Å². The van der Waals surface area contributed by atoms with Gasteiger partial charge < -0.3 is 9.47 Å². The smallest absolute Gasteiger partial charge is 0.132 e. The van der Waals surface area contributed by atoms with E-state index >= 15 is 0 Å². The molecule has 0 atom stereocenters. The van der Waals surface area contributed by atoms with E-state index in [1.54, 1.807) is 25.6 Å². The molecule has 5 heteroatoms. The van der Waals surface area contributed by atoms with Gasteiger partial charge in [-0.1, -0.05) is 19.1 Å². The third-order valence-electron chi connectivity index (χ3n) is 3.52. The quantitative estimate of drug-likeness (QED) is 0.678. The molecule has 0 spiro atoms. The Kier molecular flexibility index (Phi) is 6.19. The summed E-state index contributed by atoms with van der Waals surface area (Å²) < 4.78 is 10.7. The minimum atomic E-state index is 0.777. The zero-order valence-corrected chi connectivity index (χ0v) is 15.1. The van der Waals surface area contributed by atoms with E-state index in [0.717, 1.165) is 47.4 Å². The van der Waals surface area contributed by atoms with E-state index in [-0.39, 0.29) is 0 Å². The standard InChI is InChI=1S/C18H24N2O2S/c1-6-20(10-13(2)3)11-14-12-23-18(19-14)16-8-7-15(21-4)9-17(16)22-5/h7-9,12H,2,6,10-11H2,1,3-5H3. The highest BCUT2D eigenvalue weighted by Crippen LogP contribution is 2.35. The number of ether oxygens (including phenoxy) is 2. The molecule has 0 amide bonds. The lowest BCUT2D eigenvalue weighted by atomic mass is 10.2. The van der Waals surface area contributed by atoms with Crippen molar-refractivity contribution < 1.29 is 9.47 Å². The first-order chi connectivity index (χ1) is 11.1. The van der Waals surface area contributed by atoms with E-state index in [4.69, 9.17) is 14.5 Å². The molecule has 0 bridgehead atoms. The second-order valence-corrected chi connectivity index (χ2v) is 6.33. The van der Waals surface area contributed by atoms with Crippen LogP contribution in [0.25, 0.3) is 10.6 Å². The average Bonchev–Trinajstić information content (AvgIpc) is 3.01. The van der Waals surface area contributed by atoms with Crippen molar-refractivity contribution in [2.75, 3.05) is 27.3 Å². The van der Waals surface area contributed by atoms with Crippen LogP contribution in [0.5, 0.6) is 11.5 Å². The maximum absolute atomic E-state index is 5.47. The summed E-state index contributed by atoms with van der Waals surface area (Å²) in [6.07, 6.45) is 0. The average molecular weight is 332 g/mol. The molecule has 23 heavy (non-hydrogen) atoms. The van der Waals surface area contributed by atoms with Crippen molar-refractivity contribution in [2.24, 2.45) is 0 Å². The van der Waals surface area contributed by atoms with Crippen LogP contribution >= 0.6 is 11.3 Å². The van der Waals surface area contributed by atoms with Crippen LogP contribution in [0.3, 0.4) is 0 Å². The number of thiazole rings is 1. The van der Waals surface area contributed by atoms with Crippen molar-refractivity contribution in [3.63, 3.8) is 0 Å². The molecule has 1 aromatic heterocycles. The summed E-state index contributed by atoms with van der Waals surface area (Å²) in [6.45, 7) is 10.9. The van der Waals surface area contributed by atoms with Crippen molar-refractivity contribution >= 4 is 11.3 Å². The van der Waals surface area contributed by atoms with Gasteiger partial charge in [-0.25, -0.2) is 4.98 Å². The molecule has 0 aliphatic carbocycles. The van der Waals surface area contributed by atoms with Crippen LogP contribution in [0.2, 0.25) is 0 Å². The largest absolute Gasteiger partial charge is 0.497 e. The molecular formula is C18H24N2O2S. The van der Waals surface area contributed by atoms with E-state index in [1.165, 1.54) is 5.57 Å². The molecule has 0 saturated carbocycles. The summed E-state index contributed by atoms with van der Waals surface area (Å²) in [5.41, 5.74) is 3.23. The molecule has 124 valence electrons. The second-order valence-electron chi connectivity index (χ2n) is 5.47. The van der Waals surface area contributed by atoms with Gasteiger partial charge in [-0.05, 0) is 25.6 Å². The lowest BCUT2D eigenvalue weighted by Gasteiger charge is -2.18. The fraction of sp³-hybridized carbons (Fsp3) is 0.389. The second kappa shape index (κ2) is 8.13. The molecule has 0 saturated heterocycles. The van der Waals surface area contributed by atoms with Gasteiger partial charge in [0.25, 0.3) is 0 Å². The van der Waals surface area contributed by atoms with Crippen LogP contribution in [0.4, 0.5) is 0 Å². The monoisotopic (exact) mass is 332 g/mol. The summed E-state index contributed by atoms with van der Waals surface area (Å²) >= 11 is 1.64. The number of hydrogen-bond donors (Lipinski definition) is 0. The van der Waals surface area contributed by atoms with Gasteiger partial charge in [0.15, 0.2) is 0 Å². The number of benzene rings is 1. The summed E-state index contributed by atoms with van der Waals surface area (Å²) in [4.78, 5) is 7.09. The normalized spacial score (nSPS) is 10.8. The number of rotatable bonds is 8. The Morgan fingerprint density at radius 2 is 2.09 bits per heavy atom. The maximum atomic E-state index is 5.47. The van der Waals surface area contributed by atoms with Gasteiger partial charge in [0, 0.05) is 24.5 Å². The summed E-state index contributed by atoms with van der Waals surface area (Å²) in [7, 11) is 3.31. The Balaban J connectivity index is 2.20. The Bertz CT molecular complexity index is 667. The highest BCUT2D eigenvalue weighted by Gasteiger charge is 2.13. The van der Waals surface area contributed by atoms with E-state index in [2.05, 4.69) is 30.7 Å². The Hall–Kier alpha value is -1.85. The van der Waals surface area contributed by atoms with Crippen LogP contribution in [0, 0.1) is 0 Å². The fourth-order valence-electron chi connectivity index (χ4n) is 2.37. The van der Waals surface area contributed by atoms with Gasteiger partial charge in [0.2, 0.25) is 0 Å². The van der Waals surface area contributed by atoms with E-state index in [9.17, 15) is 0 Å². The first-order valence-electron chi connectivity index (χ1n) is 7.60. The maximum Gasteiger partial charge on any atom is 0.132 e. The molecule has 0 N–H and O–H groups in total. The van der Waals surface area contributed by atoms with E-state index in [0.29, 0.717) is 0 Å². The third kappa shape index (κ3) is 4.56. The zero-order chi connectivity index (χ0) is 16.8. The molecule has 0 aliphatic rings. The molecule has 0 radical (unpaired) electrons. The van der Waals surface area contributed by atoms with Gasteiger partial charge in [0.1, 0.15) is 16.5 Å². The molecule has 2 aromatic rings. The highest BCUT2D eigenvalue weighted by atomic mass is 32.1. The summed E-state index contributed by atoms with van der Waals surface area (Å²) in [6, 6.07) is 5.81. The van der Waals surface area contributed by atoms with Crippen molar-refractivity contribution in [3.05, 3.63) is 41.4 Å². The zero-order valence-electron chi connectivity index (χ0n) is 14.3. The van der Waals surface area contributed by atoms with E-state index < -0.39 is 0 Å². The minimum Gasteiger partial charge on any atom is -0.497 e. The third-order valence-corrected chi connectivity index (χ3v) is 4.44. The molecule has 4 nitrogen and oxygen atoms in total. The Labute approximate surface area is 142 Å². The van der Waals surface area contributed by atoms with Crippen LogP contribution in [0.1, 0.15) is 19.5 Å².